The van der Waals surface area contributed by atoms with Gasteiger partial charge in [-0.1, -0.05) is 19.8 Å². The molecule has 18 heavy (non-hydrogen) atoms. The fourth-order valence-electron chi connectivity index (χ4n) is 3.65. The molecule has 1 N–H and O–H groups in total. The van der Waals surface area contributed by atoms with Crippen molar-refractivity contribution in [2.24, 2.45) is 5.92 Å². The second-order valence-electron chi connectivity index (χ2n) is 6.01. The number of rotatable bonds is 6. The first-order chi connectivity index (χ1) is 8.79. The van der Waals surface area contributed by atoms with Crippen LogP contribution in [0.3, 0.4) is 0 Å². The summed E-state index contributed by atoms with van der Waals surface area (Å²) in [5, 5.41) is 3.77. The summed E-state index contributed by atoms with van der Waals surface area (Å²) >= 11 is 1.98. The molecule has 0 aromatic carbocycles. The van der Waals surface area contributed by atoms with Crippen LogP contribution in [-0.2, 0) is 4.74 Å². The highest BCUT2D eigenvalue weighted by molar-refractivity contribution is 7.98. The van der Waals surface area contributed by atoms with Gasteiger partial charge in [-0.05, 0) is 50.8 Å². The van der Waals surface area contributed by atoms with Crippen molar-refractivity contribution in [2.45, 2.75) is 63.5 Å². The van der Waals surface area contributed by atoms with E-state index in [-0.39, 0.29) is 5.60 Å². The molecule has 3 heteroatoms. The van der Waals surface area contributed by atoms with Crippen molar-refractivity contribution in [3.63, 3.8) is 0 Å². The molecule has 0 radical (unpaired) electrons. The van der Waals surface area contributed by atoms with E-state index < -0.39 is 0 Å². The normalized spacial score (nSPS) is 28.7. The monoisotopic (exact) mass is 271 g/mol. The first-order valence-electron chi connectivity index (χ1n) is 7.66. The van der Waals surface area contributed by atoms with E-state index in [2.05, 4.69) is 18.5 Å². The Kier molecular flexibility index (Phi) is 5.84. The molecule has 1 saturated heterocycles. The molecule has 0 aromatic rings. The molecular weight excluding hydrogens is 242 g/mol. The summed E-state index contributed by atoms with van der Waals surface area (Å²) in [4.78, 5) is 0. The Morgan fingerprint density at radius 2 is 2.17 bits per heavy atom. The maximum atomic E-state index is 6.15. The Morgan fingerprint density at radius 1 is 1.39 bits per heavy atom. The highest BCUT2D eigenvalue weighted by Gasteiger charge is 2.41. The average Bonchev–Trinajstić information content (AvgIpc) is 2.82. The summed E-state index contributed by atoms with van der Waals surface area (Å²) in [6.07, 6.45) is 11.4. The van der Waals surface area contributed by atoms with Crippen LogP contribution in [-0.4, -0.2) is 36.8 Å². The average molecular weight is 271 g/mol. The van der Waals surface area contributed by atoms with Crippen molar-refractivity contribution >= 4 is 11.8 Å². The topological polar surface area (TPSA) is 21.3 Å². The van der Waals surface area contributed by atoms with E-state index in [0.29, 0.717) is 6.04 Å². The minimum atomic E-state index is 0.271. The third kappa shape index (κ3) is 3.64. The first kappa shape index (κ1) is 14.7. The van der Waals surface area contributed by atoms with Gasteiger partial charge in [-0.15, -0.1) is 0 Å². The van der Waals surface area contributed by atoms with Crippen LogP contribution in [0, 0.1) is 5.92 Å². The lowest BCUT2D eigenvalue weighted by Gasteiger charge is -2.41. The van der Waals surface area contributed by atoms with Crippen LogP contribution in [0.25, 0.3) is 0 Å². The summed E-state index contributed by atoms with van der Waals surface area (Å²) in [6, 6.07) is 0.696. The standard InChI is InChI=1S/C15H29NOS/c1-3-9-16-14(12-18-2)13-6-10-17-15(11-13)7-4-5-8-15/h13-14,16H,3-12H2,1-2H3. The predicted molar refractivity (Wildman–Crippen MR) is 80.3 cm³/mol. The number of thioether (sulfide) groups is 1. The highest BCUT2D eigenvalue weighted by Crippen LogP contribution is 2.43. The van der Waals surface area contributed by atoms with Gasteiger partial charge in [-0.25, -0.2) is 0 Å². The third-order valence-corrected chi connectivity index (χ3v) is 5.31. The molecule has 2 nitrogen and oxygen atoms in total. The fourth-order valence-corrected chi connectivity index (χ4v) is 4.40. The molecule has 2 fully saturated rings. The summed E-state index contributed by atoms with van der Waals surface area (Å²) in [7, 11) is 0. The van der Waals surface area contributed by atoms with Crippen molar-refractivity contribution in [1.29, 1.82) is 0 Å². The van der Waals surface area contributed by atoms with E-state index in [4.69, 9.17) is 4.74 Å². The Labute approximate surface area is 117 Å². The van der Waals surface area contributed by atoms with Gasteiger partial charge in [0.15, 0.2) is 0 Å². The predicted octanol–water partition coefficient (Wildman–Crippen LogP) is 3.46. The van der Waals surface area contributed by atoms with Gasteiger partial charge >= 0.3 is 0 Å². The van der Waals surface area contributed by atoms with Crippen LogP contribution in [0.1, 0.15) is 51.9 Å². The lowest BCUT2D eigenvalue weighted by molar-refractivity contribution is -0.0967. The molecule has 0 bridgehead atoms. The maximum Gasteiger partial charge on any atom is 0.0685 e. The number of hydrogen-bond acceptors (Lipinski definition) is 3. The molecule has 2 rings (SSSR count). The van der Waals surface area contributed by atoms with Crippen LogP contribution in [0.4, 0.5) is 0 Å². The van der Waals surface area contributed by atoms with Gasteiger partial charge < -0.3 is 10.1 Å². The van der Waals surface area contributed by atoms with Gasteiger partial charge in [-0.3, -0.25) is 0 Å². The van der Waals surface area contributed by atoms with Crippen molar-refractivity contribution in [3.8, 4) is 0 Å². The van der Waals surface area contributed by atoms with Crippen molar-refractivity contribution in [3.05, 3.63) is 0 Å². The summed E-state index contributed by atoms with van der Waals surface area (Å²) in [5.74, 6) is 2.08. The number of ether oxygens (including phenoxy) is 1. The van der Waals surface area contributed by atoms with E-state index >= 15 is 0 Å². The zero-order valence-electron chi connectivity index (χ0n) is 12.0. The zero-order chi connectivity index (χ0) is 12.8. The van der Waals surface area contributed by atoms with Crippen LogP contribution in [0.2, 0.25) is 0 Å². The van der Waals surface area contributed by atoms with Crippen LogP contribution >= 0.6 is 11.8 Å². The molecule has 0 amide bonds. The van der Waals surface area contributed by atoms with E-state index in [1.165, 1.54) is 50.7 Å². The molecule has 2 unspecified atom stereocenters. The van der Waals surface area contributed by atoms with E-state index in [1.807, 2.05) is 11.8 Å². The Hall–Kier alpha value is 0.270. The van der Waals surface area contributed by atoms with E-state index in [1.54, 1.807) is 0 Å². The fraction of sp³-hybridized carbons (Fsp3) is 1.00. The highest BCUT2D eigenvalue weighted by atomic mass is 32.2. The molecular formula is C15H29NOS. The van der Waals surface area contributed by atoms with Crippen molar-refractivity contribution < 1.29 is 4.74 Å². The van der Waals surface area contributed by atoms with Gasteiger partial charge in [0.25, 0.3) is 0 Å². The van der Waals surface area contributed by atoms with Crippen LogP contribution in [0.5, 0.6) is 0 Å². The Bertz CT molecular complexity index is 241. The molecule has 0 aromatic heterocycles. The van der Waals surface area contributed by atoms with Gasteiger partial charge in [0.05, 0.1) is 5.60 Å². The molecule has 1 spiro atoms. The van der Waals surface area contributed by atoms with E-state index in [9.17, 15) is 0 Å². The quantitative estimate of drug-likeness (QED) is 0.799. The van der Waals surface area contributed by atoms with Gasteiger partial charge in [0.2, 0.25) is 0 Å². The summed E-state index contributed by atoms with van der Waals surface area (Å²) in [5.41, 5.74) is 0.271. The van der Waals surface area contributed by atoms with E-state index in [0.717, 1.165) is 19.1 Å². The molecule has 2 aliphatic rings. The zero-order valence-corrected chi connectivity index (χ0v) is 12.9. The molecule has 2 atom stereocenters. The maximum absolute atomic E-state index is 6.15. The molecule has 1 aliphatic carbocycles. The molecule has 1 aliphatic heterocycles. The first-order valence-corrected chi connectivity index (χ1v) is 9.05. The minimum absolute atomic E-state index is 0.271. The summed E-state index contributed by atoms with van der Waals surface area (Å²) in [6.45, 7) is 4.41. The van der Waals surface area contributed by atoms with Gasteiger partial charge in [0, 0.05) is 18.4 Å². The molecule has 1 heterocycles. The second-order valence-corrected chi connectivity index (χ2v) is 6.92. The Balaban J connectivity index is 1.91. The van der Waals surface area contributed by atoms with Crippen LogP contribution < -0.4 is 5.32 Å². The van der Waals surface area contributed by atoms with Crippen LogP contribution in [0.15, 0.2) is 0 Å². The van der Waals surface area contributed by atoms with Gasteiger partial charge in [0.1, 0.15) is 0 Å². The second kappa shape index (κ2) is 7.16. The number of nitrogens with one attached hydrogen (secondary N) is 1. The smallest absolute Gasteiger partial charge is 0.0685 e. The van der Waals surface area contributed by atoms with Gasteiger partial charge in [-0.2, -0.15) is 11.8 Å². The van der Waals surface area contributed by atoms with Crippen molar-refractivity contribution in [1.82, 2.24) is 5.32 Å². The lowest BCUT2D eigenvalue weighted by atomic mass is 9.81. The minimum Gasteiger partial charge on any atom is -0.375 e. The SMILES string of the molecule is CCCNC(CSC)C1CCOC2(CCCC2)C1. The number of hydrogen-bond donors (Lipinski definition) is 1. The third-order valence-electron chi connectivity index (χ3n) is 4.62. The molecule has 106 valence electrons. The largest absolute Gasteiger partial charge is 0.375 e. The lowest BCUT2D eigenvalue weighted by Crippen LogP contribution is -2.47. The summed E-state index contributed by atoms with van der Waals surface area (Å²) < 4.78 is 6.15. The molecule has 1 saturated carbocycles. The van der Waals surface area contributed by atoms with Crippen molar-refractivity contribution in [2.75, 3.05) is 25.2 Å². The Morgan fingerprint density at radius 3 is 2.83 bits per heavy atom.